The topological polar surface area (TPSA) is 49.9 Å². The van der Waals surface area contributed by atoms with Crippen LogP contribution in [0.15, 0.2) is 30.5 Å². The van der Waals surface area contributed by atoms with Gasteiger partial charge in [0.25, 0.3) is 0 Å². The van der Waals surface area contributed by atoms with Crippen molar-refractivity contribution in [3.8, 4) is 11.3 Å². The molecule has 1 heterocycles. The van der Waals surface area contributed by atoms with Gasteiger partial charge in [-0.05, 0) is 56.0 Å². The Hall–Kier alpha value is -1.72. The lowest BCUT2D eigenvalue weighted by Gasteiger charge is -2.06. The van der Waals surface area contributed by atoms with Crippen LogP contribution in [-0.2, 0) is 11.3 Å². The molecule has 2 aromatic rings. The van der Waals surface area contributed by atoms with E-state index in [1.165, 1.54) is 25.0 Å². The molecule has 118 valence electrons. The second-order valence-electron chi connectivity index (χ2n) is 5.83. The first-order valence-corrected chi connectivity index (χ1v) is 7.89. The molecular weight excluding hydrogens is 281 g/mol. The van der Waals surface area contributed by atoms with Gasteiger partial charge in [-0.25, -0.2) is 4.39 Å². The summed E-state index contributed by atoms with van der Waals surface area (Å²) in [6.07, 6.45) is 5.50. The summed E-state index contributed by atoms with van der Waals surface area (Å²) in [6, 6.07) is 6.45. The molecule has 0 saturated heterocycles. The fourth-order valence-electron chi connectivity index (χ4n) is 2.37. The number of H-pyrrole nitrogens is 1. The zero-order chi connectivity index (χ0) is 15.2. The fraction of sp³-hybridized carbons (Fsp3) is 0.471. The normalized spacial score (nSPS) is 14.4. The van der Waals surface area contributed by atoms with Crippen molar-refractivity contribution in [3.63, 3.8) is 0 Å². The van der Waals surface area contributed by atoms with E-state index < -0.39 is 0 Å². The number of hydrogen-bond donors (Lipinski definition) is 2. The number of ether oxygens (including phenoxy) is 1. The number of nitrogens with zero attached hydrogens (tertiary/aromatic N) is 1. The number of benzene rings is 1. The Morgan fingerprint density at radius 2 is 2.09 bits per heavy atom. The van der Waals surface area contributed by atoms with Crippen LogP contribution in [0.4, 0.5) is 4.39 Å². The summed E-state index contributed by atoms with van der Waals surface area (Å²) in [4.78, 5) is 0. The van der Waals surface area contributed by atoms with E-state index in [9.17, 15) is 4.39 Å². The Balaban J connectivity index is 1.41. The Kier molecular flexibility index (Phi) is 5.19. The van der Waals surface area contributed by atoms with E-state index in [2.05, 4.69) is 15.5 Å². The van der Waals surface area contributed by atoms with Crippen molar-refractivity contribution in [2.75, 3.05) is 19.8 Å². The highest BCUT2D eigenvalue weighted by atomic mass is 19.1. The van der Waals surface area contributed by atoms with Crippen LogP contribution in [0, 0.1) is 11.7 Å². The predicted octanol–water partition coefficient (Wildman–Crippen LogP) is 3.12. The third kappa shape index (κ3) is 4.39. The molecule has 0 atom stereocenters. The van der Waals surface area contributed by atoms with E-state index in [4.69, 9.17) is 4.74 Å². The highest BCUT2D eigenvalue weighted by molar-refractivity contribution is 5.62. The Labute approximate surface area is 130 Å². The number of aromatic nitrogens is 2. The van der Waals surface area contributed by atoms with Gasteiger partial charge in [0.05, 0.1) is 11.9 Å². The van der Waals surface area contributed by atoms with Crippen LogP contribution >= 0.6 is 0 Å². The summed E-state index contributed by atoms with van der Waals surface area (Å²) in [6.45, 7) is 3.40. The van der Waals surface area contributed by atoms with Gasteiger partial charge in [-0.15, -0.1) is 0 Å². The molecule has 0 radical (unpaired) electrons. The van der Waals surface area contributed by atoms with Gasteiger partial charge in [-0.1, -0.05) is 0 Å². The number of nitrogens with one attached hydrogen (secondary N) is 2. The first-order valence-electron chi connectivity index (χ1n) is 7.89. The number of halogens is 1. The highest BCUT2D eigenvalue weighted by Crippen LogP contribution is 2.28. The van der Waals surface area contributed by atoms with Crippen molar-refractivity contribution in [2.45, 2.75) is 25.8 Å². The third-order valence-corrected chi connectivity index (χ3v) is 3.86. The maximum Gasteiger partial charge on any atom is 0.123 e. The van der Waals surface area contributed by atoms with Crippen molar-refractivity contribution in [1.82, 2.24) is 15.5 Å². The first kappa shape index (κ1) is 15.2. The van der Waals surface area contributed by atoms with Crippen LogP contribution in [0.3, 0.4) is 0 Å². The molecule has 0 unspecified atom stereocenters. The van der Waals surface area contributed by atoms with Crippen LogP contribution in [0.1, 0.15) is 24.8 Å². The Morgan fingerprint density at radius 3 is 2.86 bits per heavy atom. The van der Waals surface area contributed by atoms with Crippen molar-refractivity contribution >= 4 is 0 Å². The minimum absolute atomic E-state index is 0.228. The molecule has 1 saturated carbocycles. The Bertz CT molecular complexity index is 578. The molecule has 0 spiro atoms. The van der Waals surface area contributed by atoms with Gasteiger partial charge in [0.15, 0.2) is 0 Å². The zero-order valence-electron chi connectivity index (χ0n) is 12.6. The van der Waals surface area contributed by atoms with E-state index in [0.29, 0.717) is 0 Å². The van der Waals surface area contributed by atoms with E-state index in [1.54, 1.807) is 12.1 Å². The molecule has 3 rings (SSSR count). The van der Waals surface area contributed by atoms with Gasteiger partial charge in [-0.3, -0.25) is 5.10 Å². The molecule has 1 aromatic heterocycles. The second kappa shape index (κ2) is 7.51. The molecular formula is C17H22FN3O. The average molecular weight is 303 g/mol. The molecule has 0 aliphatic heterocycles. The van der Waals surface area contributed by atoms with Crippen molar-refractivity contribution in [2.24, 2.45) is 5.92 Å². The second-order valence-corrected chi connectivity index (χ2v) is 5.83. The van der Waals surface area contributed by atoms with E-state index >= 15 is 0 Å². The Morgan fingerprint density at radius 1 is 1.27 bits per heavy atom. The van der Waals surface area contributed by atoms with Crippen LogP contribution in [0.25, 0.3) is 11.3 Å². The highest BCUT2D eigenvalue weighted by Gasteiger charge is 2.20. The fourth-order valence-corrected chi connectivity index (χ4v) is 2.37. The minimum Gasteiger partial charge on any atom is -0.381 e. The van der Waals surface area contributed by atoms with Crippen LogP contribution in [0.2, 0.25) is 0 Å². The summed E-state index contributed by atoms with van der Waals surface area (Å²) in [7, 11) is 0. The maximum atomic E-state index is 13.0. The number of hydrogen-bond acceptors (Lipinski definition) is 3. The molecule has 1 fully saturated rings. The van der Waals surface area contributed by atoms with Gasteiger partial charge in [0.2, 0.25) is 0 Å². The first-order chi connectivity index (χ1) is 10.8. The summed E-state index contributed by atoms with van der Waals surface area (Å²) in [5.41, 5.74) is 2.98. The predicted molar refractivity (Wildman–Crippen MR) is 83.8 cm³/mol. The van der Waals surface area contributed by atoms with E-state index in [-0.39, 0.29) is 5.82 Å². The lowest BCUT2D eigenvalue weighted by Crippen LogP contribution is -2.16. The molecule has 1 aliphatic carbocycles. The molecule has 1 aliphatic rings. The van der Waals surface area contributed by atoms with Crippen molar-refractivity contribution < 1.29 is 9.13 Å². The quantitative estimate of drug-likeness (QED) is 0.700. The molecule has 0 amide bonds. The van der Waals surface area contributed by atoms with E-state index in [1.807, 2.05) is 6.20 Å². The van der Waals surface area contributed by atoms with Gasteiger partial charge in [0, 0.05) is 30.9 Å². The summed E-state index contributed by atoms with van der Waals surface area (Å²) >= 11 is 0. The average Bonchev–Trinajstić information content (AvgIpc) is 3.24. The van der Waals surface area contributed by atoms with Crippen molar-refractivity contribution in [3.05, 3.63) is 41.8 Å². The third-order valence-electron chi connectivity index (χ3n) is 3.86. The minimum atomic E-state index is -0.228. The lowest BCUT2D eigenvalue weighted by atomic mass is 10.1. The van der Waals surface area contributed by atoms with Crippen LogP contribution in [-0.4, -0.2) is 30.0 Å². The van der Waals surface area contributed by atoms with Crippen LogP contribution in [0.5, 0.6) is 0 Å². The molecule has 4 nitrogen and oxygen atoms in total. The lowest BCUT2D eigenvalue weighted by molar-refractivity contribution is 0.122. The maximum absolute atomic E-state index is 13.0. The molecule has 5 heteroatoms. The largest absolute Gasteiger partial charge is 0.381 e. The summed E-state index contributed by atoms with van der Waals surface area (Å²) in [5, 5.41) is 10.5. The number of aromatic amines is 1. The SMILES string of the molecule is Fc1ccc(-c2[nH]ncc2CNCCCOCC2CC2)cc1. The van der Waals surface area contributed by atoms with Gasteiger partial charge in [0.1, 0.15) is 5.82 Å². The molecule has 1 aromatic carbocycles. The molecule has 22 heavy (non-hydrogen) atoms. The summed E-state index contributed by atoms with van der Waals surface area (Å²) in [5.74, 6) is 0.603. The summed E-state index contributed by atoms with van der Waals surface area (Å²) < 4.78 is 18.6. The molecule has 2 N–H and O–H groups in total. The van der Waals surface area contributed by atoms with Crippen molar-refractivity contribution in [1.29, 1.82) is 0 Å². The van der Waals surface area contributed by atoms with Gasteiger partial charge >= 0.3 is 0 Å². The van der Waals surface area contributed by atoms with Gasteiger partial charge < -0.3 is 10.1 Å². The standard InChI is InChI=1S/C17H22FN3O/c18-16-6-4-14(5-7-16)17-15(11-20-21-17)10-19-8-1-9-22-12-13-2-3-13/h4-7,11,13,19H,1-3,8-10,12H2,(H,20,21). The van der Waals surface area contributed by atoms with Gasteiger partial charge in [-0.2, -0.15) is 5.10 Å². The number of rotatable bonds is 9. The molecule has 0 bridgehead atoms. The monoisotopic (exact) mass is 303 g/mol. The zero-order valence-corrected chi connectivity index (χ0v) is 12.6. The van der Waals surface area contributed by atoms with Crippen LogP contribution < -0.4 is 5.32 Å². The van der Waals surface area contributed by atoms with E-state index in [0.717, 1.165) is 55.5 Å². The smallest absolute Gasteiger partial charge is 0.123 e.